The normalized spacial score (nSPS) is 15.4. The van der Waals surface area contributed by atoms with Crippen molar-refractivity contribution >= 4 is 11.8 Å². The van der Waals surface area contributed by atoms with Crippen LogP contribution in [0.3, 0.4) is 0 Å². The van der Waals surface area contributed by atoms with Crippen LogP contribution in [0, 0.1) is 6.92 Å². The SMILES string of the molecule is CCCSc1ncc(CNC2CC2)cc1C. The van der Waals surface area contributed by atoms with Crippen LogP contribution in [-0.4, -0.2) is 16.8 Å². The van der Waals surface area contributed by atoms with E-state index in [1.165, 1.54) is 35.4 Å². The Morgan fingerprint density at radius 2 is 2.31 bits per heavy atom. The second-order valence-corrected chi connectivity index (χ2v) is 5.55. The van der Waals surface area contributed by atoms with Gasteiger partial charge in [-0.05, 0) is 43.1 Å². The number of aryl methyl sites for hydroxylation is 1. The van der Waals surface area contributed by atoms with E-state index in [1.54, 1.807) is 0 Å². The second-order valence-electron chi connectivity index (χ2n) is 4.47. The van der Waals surface area contributed by atoms with Gasteiger partial charge in [0.15, 0.2) is 0 Å². The predicted molar refractivity (Wildman–Crippen MR) is 69.9 cm³/mol. The van der Waals surface area contributed by atoms with Crippen LogP contribution in [-0.2, 0) is 6.54 Å². The van der Waals surface area contributed by atoms with E-state index in [4.69, 9.17) is 0 Å². The summed E-state index contributed by atoms with van der Waals surface area (Å²) < 4.78 is 0. The lowest BCUT2D eigenvalue weighted by Gasteiger charge is -2.07. The topological polar surface area (TPSA) is 24.9 Å². The lowest BCUT2D eigenvalue weighted by Crippen LogP contribution is -2.15. The molecule has 1 heterocycles. The van der Waals surface area contributed by atoms with Crippen LogP contribution in [0.15, 0.2) is 17.3 Å². The molecule has 0 radical (unpaired) electrons. The molecule has 2 nitrogen and oxygen atoms in total. The molecule has 1 fully saturated rings. The van der Waals surface area contributed by atoms with Crippen LogP contribution in [0.1, 0.15) is 37.3 Å². The predicted octanol–water partition coefficient (Wildman–Crippen LogP) is 3.14. The molecule has 1 saturated carbocycles. The number of nitrogens with one attached hydrogen (secondary N) is 1. The summed E-state index contributed by atoms with van der Waals surface area (Å²) in [6, 6.07) is 3.04. The van der Waals surface area contributed by atoms with E-state index >= 15 is 0 Å². The van der Waals surface area contributed by atoms with E-state index in [2.05, 4.69) is 30.2 Å². The van der Waals surface area contributed by atoms with E-state index < -0.39 is 0 Å². The molecule has 0 spiro atoms. The van der Waals surface area contributed by atoms with Gasteiger partial charge in [0, 0.05) is 18.8 Å². The van der Waals surface area contributed by atoms with Crippen LogP contribution in [0.25, 0.3) is 0 Å². The summed E-state index contributed by atoms with van der Waals surface area (Å²) in [6.45, 7) is 5.33. The molecule has 1 aliphatic rings. The number of thioether (sulfide) groups is 1. The summed E-state index contributed by atoms with van der Waals surface area (Å²) in [7, 11) is 0. The van der Waals surface area contributed by atoms with Gasteiger partial charge >= 0.3 is 0 Å². The maximum Gasteiger partial charge on any atom is 0.0989 e. The third-order valence-electron chi connectivity index (χ3n) is 2.70. The van der Waals surface area contributed by atoms with E-state index in [-0.39, 0.29) is 0 Å². The third kappa shape index (κ3) is 3.49. The van der Waals surface area contributed by atoms with Gasteiger partial charge in [-0.25, -0.2) is 4.98 Å². The first-order chi connectivity index (χ1) is 7.79. The van der Waals surface area contributed by atoms with E-state index in [1.807, 2.05) is 18.0 Å². The molecule has 16 heavy (non-hydrogen) atoms. The highest BCUT2D eigenvalue weighted by atomic mass is 32.2. The molecule has 0 amide bonds. The van der Waals surface area contributed by atoms with Crippen molar-refractivity contribution in [1.82, 2.24) is 10.3 Å². The van der Waals surface area contributed by atoms with Gasteiger partial charge in [-0.3, -0.25) is 0 Å². The maximum absolute atomic E-state index is 4.54. The molecule has 1 aliphatic carbocycles. The number of hydrogen-bond acceptors (Lipinski definition) is 3. The molecule has 0 aliphatic heterocycles. The number of rotatable bonds is 6. The average molecular weight is 236 g/mol. The van der Waals surface area contributed by atoms with Crippen molar-refractivity contribution in [3.63, 3.8) is 0 Å². The molecular weight excluding hydrogens is 216 g/mol. The summed E-state index contributed by atoms with van der Waals surface area (Å²) in [5.74, 6) is 1.16. The molecular formula is C13H20N2S. The highest BCUT2D eigenvalue weighted by Crippen LogP contribution is 2.22. The van der Waals surface area contributed by atoms with Gasteiger partial charge in [-0.1, -0.05) is 13.0 Å². The van der Waals surface area contributed by atoms with Crippen LogP contribution in [0.4, 0.5) is 0 Å². The molecule has 1 aromatic heterocycles. The summed E-state index contributed by atoms with van der Waals surface area (Å²) in [4.78, 5) is 4.54. The standard InChI is InChI=1S/C13H20N2S/c1-3-6-16-13-10(2)7-11(9-15-13)8-14-12-4-5-12/h7,9,12,14H,3-6,8H2,1-2H3. The Hall–Kier alpha value is -0.540. The van der Waals surface area contributed by atoms with Gasteiger partial charge in [0.2, 0.25) is 0 Å². The highest BCUT2D eigenvalue weighted by Gasteiger charge is 2.19. The third-order valence-corrected chi connectivity index (χ3v) is 4.02. The average Bonchev–Trinajstić information content (AvgIpc) is 3.09. The van der Waals surface area contributed by atoms with Gasteiger partial charge in [0.05, 0.1) is 5.03 Å². The molecule has 88 valence electrons. The van der Waals surface area contributed by atoms with Crippen molar-refractivity contribution in [2.75, 3.05) is 5.75 Å². The van der Waals surface area contributed by atoms with Crippen molar-refractivity contribution in [1.29, 1.82) is 0 Å². The van der Waals surface area contributed by atoms with Gasteiger partial charge in [-0.15, -0.1) is 11.8 Å². The molecule has 0 aromatic carbocycles. The van der Waals surface area contributed by atoms with Crippen LogP contribution in [0.5, 0.6) is 0 Å². The summed E-state index contributed by atoms with van der Waals surface area (Å²) in [5.41, 5.74) is 2.62. The Kier molecular flexibility index (Phi) is 4.24. The van der Waals surface area contributed by atoms with Crippen molar-refractivity contribution in [2.45, 2.75) is 50.7 Å². The first kappa shape index (κ1) is 11.9. The lowest BCUT2D eigenvalue weighted by atomic mass is 10.2. The zero-order chi connectivity index (χ0) is 11.4. The Labute approximate surface area is 102 Å². The van der Waals surface area contributed by atoms with Crippen molar-refractivity contribution in [2.24, 2.45) is 0 Å². The van der Waals surface area contributed by atoms with Gasteiger partial charge < -0.3 is 5.32 Å². The van der Waals surface area contributed by atoms with Crippen LogP contribution < -0.4 is 5.32 Å². The molecule has 2 rings (SSSR count). The van der Waals surface area contributed by atoms with Crippen molar-refractivity contribution in [3.05, 3.63) is 23.4 Å². The smallest absolute Gasteiger partial charge is 0.0989 e. The molecule has 0 unspecified atom stereocenters. The summed E-state index contributed by atoms with van der Waals surface area (Å²) >= 11 is 1.86. The first-order valence-corrected chi connectivity index (χ1v) is 7.10. The zero-order valence-corrected chi connectivity index (χ0v) is 10.9. The molecule has 0 saturated heterocycles. The van der Waals surface area contributed by atoms with Gasteiger partial charge in [0.25, 0.3) is 0 Å². The Balaban J connectivity index is 1.91. The monoisotopic (exact) mass is 236 g/mol. The molecule has 1 N–H and O–H groups in total. The molecule has 0 bridgehead atoms. The van der Waals surface area contributed by atoms with Crippen LogP contribution >= 0.6 is 11.8 Å². The highest BCUT2D eigenvalue weighted by molar-refractivity contribution is 7.99. The van der Waals surface area contributed by atoms with E-state index in [0.29, 0.717) is 0 Å². The minimum atomic E-state index is 0.773. The summed E-state index contributed by atoms with van der Waals surface area (Å²) in [6.07, 6.45) is 5.91. The van der Waals surface area contributed by atoms with Crippen molar-refractivity contribution < 1.29 is 0 Å². The van der Waals surface area contributed by atoms with E-state index in [0.717, 1.165) is 18.3 Å². The quantitative estimate of drug-likeness (QED) is 0.768. The number of aromatic nitrogens is 1. The molecule has 0 atom stereocenters. The minimum Gasteiger partial charge on any atom is -0.310 e. The molecule has 1 aromatic rings. The fourth-order valence-corrected chi connectivity index (χ4v) is 2.43. The fraction of sp³-hybridized carbons (Fsp3) is 0.615. The molecule has 3 heteroatoms. The number of nitrogens with zero attached hydrogens (tertiary/aromatic N) is 1. The largest absolute Gasteiger partial charge is 0.310 e. The van der Waals surface area contributed by atoms with Crippen LogP contribution in [0.2, 0.25) is 0 Å². The van der Waals surface area contributed by atoms with Gasteiger partial charge in [0.1, 0.15) is 0 Å². The second kappa shape index (κ2) is 5.69. The van der Waals surface area contributed by atoms with E-state index in [9.17, 15) is 0 Å². The Morgan fingerprint density at radius 1 is 1.50 bits per heavy atom. The summed E-state index contributed by atoms with van der Waals surface area (Å²) in [5, 5.41) is 4.71. The number of pyridine rings is 1. The Morgan fingerprint density at radius 3 is 2.94 bits per heavy atom. The maximum atomic E-state index is 4.54. The first-order valence-electron chi connectivity index (χ1n) is 6.11. The fourth-order valence-electron chi connectivity index (χ4n) is 1.62. The number of hydrogen-bond donors (Lipinski definition) is 1. The minimum absolute atomic E-state index is 0.773. The lowest BCUT2D eigenvalue weighted by molar-refractivity contribution is 0.684. The Bertz CT molecular complexity index is 348. The van der Waals surface area contributed by atoms with Crippen molar-refractivity contribution in [3.8, 4) is 0 Å². The van der Waals surface area contributed by atoms with Gasteiger partial charge in [-0.2, -0.15) is 0 Å². The zero-order valence-electron chi connectivity index (χ0n) is 10.1.